The number of para-hydroxylation sites is 1. The van der Waals surface area contributed by atoms with Gasteiger partial charge in [-0.3, -0.25) is 4.99 Å². The Hall–Kier alpha value is -1.20. The number of nitrogens with zero attached hydrogens (tertiary/aromatic N) is 3. The summed E-state index contributed by atoms with van der Waals surface area (Å²) in [4.78, 5) is 9.77. The SMILES string of the molecule is CCNC(=NCC1(N(C)C)CCSC1)N1CCc2ccccc21. The van der Waals surface area contributed by atoms with Crippen LogP contribution in [0.5, 0.6) is 0 Å². The Morgan fingerprint density at radius 3 is 2.91 bits per heavy atom. The lowest BCUT2D eigenvalue weighted by Crippen LogP contribution is -2.49. The normalized spacial score (nSPS) is 24.3. The highest BCUT2D eigenvalue weighted by atomic mass is 32.2. The molecular formula is C18H28N4S. The van der Waals surface area contributed by atoms with Crippen LogP contribution >= 0.6 is 11.8 Å². The van der Waals surface area contributed by atoms with E-state index in [4.69, 9.17) is 4.99 Å². The van der Waals surface area contributed by atoms with E-state index < -0.39 is 0 Å². The number of thioether (sulfide) groups is 1. The van der Waals surface area contributed by atoms with Gasteiger partial charge in [0.1, 0.15) is 0 Å². The maximum absolute atomic E-state index is 5.05. The van der Waals surface area contributed by atoms with Crippen LogP contribution < -0.4 is 10.2 Å². The summed E-state index contributed by atoms with van der Waals surface area (Å²) in [5, 5.41) is 3.50. The smallest absolute Gasteiger partial charge is 0.198 e. The standard InChI is InChI=1S/C18H28N4S/c1-4-19-17(20-13-18(21(2)3)10-12-23-14-18)22-11-9-15-7-5-6-8-16(15)22/h5-8H,4,9-14H2,1-3H3,(H,19,20). The van der Waals surface area contributed by atoms with Crippen molar-refractivity contribution < 1.29 is 0 Å². The van der Waals surface area contributed by atoms with Crippen molar-refractivity contribution in [2.45, 2.75) is 25.3 Å². The van der Waals surface area contributed by atoms with E-state index in [1.165, 1.54) is 29.2 Å². The number of hydrogen-bond donors (Lipinski definition) is 1. The lowest BCUT2D eigenvalue weighted by atomic mass is 9.98. The molecule has 0 spiro atoms. The number of anilines is 1. The summed E-state index contributed by atoms with van der Waals surface area (Å²) in [7, 11) is 4.39. The van der Waals surface area contributed by atoms with Crippen molar-refractivity contribution in [2.24, 2.45) is 4.99 Å². The van der Waals surface area contributed by atoms with E-state index >= 15 is 0 Å². The summed E-state index contributed by atoms with van der Waals surface area (Å²) in [5.41, 5.74) is 2.95. The largest absolute Gasteiger partial charge is 0.356 e. The fourth-order valence-electron chi connectivity index (χ4n) is 3.39. The number of benzene rings is 1. The predicted octanol–water partition coefficient (Wildman–Crippen LogP) is 2.45. The van der Waals surface area contributed by atoms with E-state index in [1.54, 1.807) is 0 Å². The molecule has 2 aliphatic heterocycles. The molecule has 1 unspecified atom stereocenters. The zero-order chi connectivity index (χ0) is 16.3. The first-order valence-electron chi connectivity index (χ1n) is 8.55. The van der Waals surface area contributed by atoms with E-state index in [9.17, 15) is 0 Å². The maximum atomic E-state index is 5.05. The molecule has 0 aromatic heterocycles. The first-order chi connectivity index (χ1) is 11.2. The van der Waals surface area contributed by atoms with E-state index in [2.05, 4.69) is 72.2 Å². The van der Waals surface area contributed by atoms with Gasteiger partial charge < -0.3 is 15.1 Å². The Bertz CT molecular complexity index is 564. The average molecular weight is 333 g/mol. The first-order valence-corrected chi connectivity index (χ1v) is 9.71. The molecule has 1 atom stereocenters. The van der Waals surface area contributed by atoms with Crippen LogP contribution in [0.2, 0.25) is 0 Å². The van der Waals surface area contributed by atoms with E-state index in [-0.39, 0.29) is 5.54 Å². The van der Waals surface area contributed by atoms with Crippen LogP contribution in [0, 0.1) is 0 Å². The average Bonchev–Trinajstić information content (AvgIpc) is 3.19. The van der Waals surface area contributed by atoms with Crippen molar-refractivity contribution in [2.75, 3.05) is 50.1 Å². The summed E-state index contributed by atoms with van der Waals surface area (Å²) in [6.45, 7) is 4.94. The van der Waals surface area contributed by atoms with Gasteiger partial charge in [-0.2, -0.15) is 11.8 Å². The van der Waals surface area contributed by atoms with Crippen molar-refractivity contribution >= 4 is 23.4 Å². The van der Waals surface area contributed by atoms with Crippen molar-refractivity contribution in [3.63, 3.8) is 0 Å². The molecule has 1 fully saturated rings. The van der Waals surface area contributed by atoms with Gasteiger partial charge in [0, 0.05) is 30.1 Å². The van der Waals surface area contributed by atoms with E-state index in [1.807, 2.05) is 0 Å². The number of likely N-dealkylation sites (N-methyl/N-ethyl adjacent to an activating group) is 1. The highest BCUT2D eigenvalue weighted by molar-refractivity contribution is 7.99. The topological polar surface area (TPSA) is 30.9 Å². The molecule has 1 aromatic carbocycles. The van der Waals surface area contributed by atoms with Crippen LogP contribution in [0.15, 0.2) is 29.3 Å². The third kappa shape index (κ3) is 3.36. The van der Waals surface area contributed by atoms with E-state index in [0.717, 1.165) is 32.0 Å². The molecule has 126 valence electrons. The molecule has 4 nitrogen and oxygen atoms in total. The molecule has 0 saturated carbocycles. The Morgan fingerprint density at radius 1 is 1.39 bits per heavy atom. The van der Waals surface area contributed by atoms with Crippen molar-refractivity contribution in [3.8, 4) is 0 Å². The van der Waals surface area contributed by atoms with Gasteiger partial charge in [0.25, 0.3) is 0 Å². The summed E-state index contributed by atoms with van der Waals surface area (Å²) < 4.78 is 0. The highest BCUT2D eigenvalue weighted by Crippen LogP contribution is 2.33. The summed E-state index contributed by atoms with van der Waals surface area (Å²) in [5.74, 6) is 3.46. The molecule has 0 aliphatic carbocycles. The van der Waals surface area contributed by atoms with Gasteiger partial charge in [-0.1, -0.05) is 18.2 Å². The quantitative estimate of drug-likeness (QED) is 0.678. The van der Waals surface area contributed by atoms with Crippen LogP contribution in [0.1, 0.15) is 18.9 Å². The Balaban J connectivity index is 1.82. The summed E-state index contributed by atoms with van der Waals surface area (Å²) in [6, 6.07) is 8.69. The molecule has 23 heavy (non-hydrogen) atoms. The number of guanidine groups is 1. The van der Waals surface area contributed by atoms with Gasteiger partial charge in [0.15, 0.2) is 5.96 Å². The van der Waals surface area contributed by atoms with Gasteiger partial charge in [0.05, 0.1) is 6.54 Å². The second kappa shape index (κ2) is 7.14. The minimum absolute atomic E-state index is 0.213. The molecule has 1 aromatic rings. The lowest BCUT2D eigenvalue weighted by molar-refractivity contribution is 0.190. The third-order valence-corrected chi connectivity index (χ3v) is 6.27. The van der Waals surface area contributed by atoms with E-state index in [0.29, 0.717) is 0 Å². The first kappa shape index (κ1) is 16.7. The molecule has 3 rings (SSSR count). The number of rotatable bonds is 4. The molecule has 0 bridgehead atoms. The third-order valence-electron chi connectivity index (χ3n) is 5.03. The van der Waals surface area contributed by atoms with Gasteiger partial charge in [-0.05, 0) is 51.2 Å². The lowest BCUT2D eigenvalue weighted by Gasteiger charge is -2.34. The van der Waals surface area contributed by atoms with Gasteiger partial charge in [-0.25, -0.2) is 0 Å². The van der Waals surface area contributed by atoms with Gasteiger partial charge in [-0.15, -0.1) is 0 Å². The molecule has 1 saturated heterocycles. The summed E-state index contributed by atoms with van der Waals surface area (Å²) in [6.07, 6.45) is 2.33. The zero-order valence-corrected chi connectivity index (χ0v) is 15.3. The van der Waals surface area contributed by atoms with Crippen molar-refractivity contribution in [1.82, 2.24) is 10.2 Å². The van der Waals surface area contributed by atoms with Crippen LogP contribution in [-0.4, -0.2) is 61.6 Å². The molecule has 1 N–H and O–H groups in total. The predicted molar refractivity (Wildman–Crippen MR) is 102 cm³/mol. The fourth-order valence-corrected chi connectivity index (χ4v) is 4.93. The molecule has 2 heterocycles. The van der Waals surface area contributed by atoms with Gasteiger partial charge >= 0.3 is 0 Å². The minimum atomic E-state index is 0.213. The second-order valence-electron chi connectivity index (χ2n) is 6.62. The molecule has 0 amide bonds. The van der Waals surface area contributed by atoms with Crippen LogP contribution in [0.25, 0.3) is 0 Å². The number of hydrogen-bond acceptors (Lipinski definition) is 3. The fraction of sp³-hybridized carbons (Fsp3) is 0.611. The van der Waals surface area contributed by atoms with Crippen LogP contribution in [0.3, 0.4) is 0 Å². The molecule has 5 heteroatoms. The molecular weight excluding hydrogens is 304 g/mol. The molecule has 0 radical (unpaired) electrons. The van der Waals surface area contributed by atoms with Gasteiger partial charge in [0.2, 0.25) is 0 Å². The number of fused-ring (bicyclic) bond motifs is 1. The number of aliphatic imine (C=N–C) groups is 1. The van der Waals surface area contributed by atoms with Crippen molar-refractivity contribution in [3.05, 3.63) is 29.8 Å². The summed E-state index contributed by atoms with van der Waals surface area (Å²) >= 11 is 2.05. The Kier molecular flexibility index (Phi) is 5.17. The maximum Gasteiger partial charge on any atom is 0.198 e. The Morgan fingerprint density at radius 2 is 2.22 bits per heavy atom. The van der Waals surface area contributed by atoms with Crippen LogP contribution in [-0.2, 0) is 6.42 Å². The monoisotopic (exact) mass is 332 g/mol. The zero-order valence-electron chi connectivity index (χ0n) is 14.5. The minimum Gasteiger partial charge on any atom is -0.356 e. The number of nitrogens with one attached hydrogen (secondary N) is 1. The second-order valence-corrected chi connectivity index (χ2v) is 7.73. The van der Waals surface area contributed by atoms with Crippen molar-refractivity contribution in [1.29, 1.82) is 0 Å². The van der Waals surface area contributed by atoms with Crippen LogP contribution in [0.4, 0.5) is 5.69 Å². The highest BCUT2D eigenvalue weighted by Gasteiger charge is 2.36. The Labute approximate surface area is 144 Å². The molecule has 2 aliphatic rings.